The predicted molar refractivity (Wildman–Crippen MR) is 51.5 cm³/mol. The van der Waals surface area contributed by atoms with E-state index in [1.807, 2.05) is 0 Å². The molecule has 1 saturated carbocycles. The Morgan fingerprint density at radius 2 is 1.71 bits per heavy atom. The molecule has 1 aliphatic carbocycles. The van der Waals surface area contributed by atoms with Gasteiger partial charge in [-0.05, 0) is 12.8 Å². The van der Waals surface area contributed by atoms with E-state index in [1.54, 1.807) is 0 Å². The Morgan fingerprint density at radius 1 is 1.14 bits per heavy atom. The van der Waals surface area contributed by atoms with E-state index in [9.17, 15) is 8.78 Å². The summed E-state index contributed by atoms with van der Waals surface area (Å²) < 4.78 is 23.9. The van der Waals surface area contributed by atoms with Crippen molar-refractivity contribution < 1.29 is 13.9 Å². The van der Waals surface area contributed by atoms with E-state index in [4.69, 9.17) is 5.11 Å². The minimum Gasteiger partial charge on any atom is -0.386 e. The fourth-order valence-corrected chi connectivity index (χ4v) is 1.86. The molecule has 0 amide bonds. The van der Waals surface area contributed by atoms with Crippen LogP contribution in [0.2, 0.25) is 0 Å². The van der Waals surface area contributed by atoms with Crippen LogP contribution < -0.4 is 5.32 Å². The number of hydrogen-bond acceptors (Lipinski definition) is 2. The van der Waals surface area contributed by atoms with Crippen molar-refractivity contribution in [2.24, 2.45) is 0 Å². The molecule has 14 heavy (non-hydrogen) atoms. The Labute approximate surface area is 83.7 Å². The van der Waals surface area contributed by atoms with Gasteiger partial charge in [0.05, 0.1) is 0 Å². The summed E-state index contributed by atoms with van der Waals surface area (Å²) in [6.07, 6.45) is 2.79. The number of aliphatic hydroxyl groups excluding tert-OH is 1. The van der Waals surface area contributed by atoms with Gasteiger partial charge in [-0.1, -0.05) is 25.7 Å². The number of aliphatic hydroxyl groups is 1. The normalized spacial score (nSPS) is 22.3. The molecular formula is C10H19F2NO. The van der Waals surface area contributed by atoms with Gasteiger partial charge in [0.1, 0.15) is 6.10 Å². The van der Waals surface area contributed by atoms with Crippen LogP contribution in [0, 0.1) is 0 Å². The maximum Gasteiger partial charge on any atom is 0.265 e. The van der Waals surface area contributed by atoms with E-state index in [-0.39, 0.29) is 6.54 Å². The number of halogens is 2. The van der Waals surface area contributed by atoms with Crippen LogP contribution in [-0.2, 0) is 0 Å². The number of rotatable bonds is 4. The van der Waals surface area contributed by atoms with E-state index in [0.717, 1.165) is 12.8 Å². The van der Waals surface area contributed by atoms with Gasteiger partial charge in [-0.2, -0.15) is 0 Å². The van der Waals surface area contributed by atoms with Crippen LogP contribution in [0.25, 0.3) is 0 Å². The molecule has 2 N–H and O–H groups in total. The third-order valence-corrected chi connectivity index (χ3v) is 2.76. The summed E-state index contributed by atoms with van der Waals surface area (Å²) in [5.41, 5.74) is 0. The van der Waals surface area contributed by atoms with E-state index < -0.39 is 12.5 Å². The second-order valence-electron chi connectivity index (χ2n) is 4.00. The molecule has 4 heteroatoms. The second-order valence-corrected chi connectivity index (χ2v) is 4.00. The summed E-state index contributed by atoms with van der Waals surface area (Å²) >= 11 is 0. The topological polar surface area (TPSA) is 32.3 Å². The van der Waals surface area contributed by atoms with Gasteiger partial charge in [0.2, 0.25) is 0 Å². The number of nitrogens with one attached hydrogen (secondary N) is 1. The lowest BCUT2D eigenvalue weighted by molar-refractivity contribution is -0.00482. The standard InChI is InChI=1S/C10H19F2NO/c11-10(12)9(14)7-13-8-5-3-1-2-4-6-8/h8-10,13-14H,1-7H2. The van der Waals surface area contributed by atoms with Crippen LogP contribution >= 0.6 is 0 Å². The maximum absolute atomic E-state index is 12.0. The zero-order valence-corrected chi connectivity index (χ0v) is 8.38. The minimum absolute atomic E-state index is 0.0162. The molecule has 0 aromatic heterocycles. The highest BCUT2D eigenvalue weighted by Gasteiger charge is 2.18. The van der Waals surface area contributed by atoms with Crippen molar-refractivity contribution in [2.45, 2.75) is 57.1 Å². The molecule has 1 unspecified atom stereocenters. The second kappa shape index (κ2) is 6.30. The van der Waals surface area contributed by atoms with Crippen LogP contribution in [-0.4, -0.2) is 30.2 Å². The van der Waals surface area contributed by atoms with Crippen molar-refractivity contribution in [3.63, 3.8) is 0 Å². The Kier molecular flexibility index (Phi) is 5.33. The van der Waals surface area contributed by atoms with E-state index in [0.29, 0.717) is 6.04 Å². The lowest BCUT2D eigenvalue weighted by atomic mass is 10.1. The first-order chi connectivity index (χ1) is 6.70. The van der Waals surface area contributed by atoms with Crippen molar-refractivity contribution in [3.05, 3.63) is 0 Å². The van der Waals surface area contributed by atoms with Crippen molar-refractivity contribution in [1.29, 1.82) is 0 Å². The fourth-order valence-electron chi connectivity index (χ4n) is 1.86. The summed E-state index contributed by atoms with van der Waals surface area (Å²) in [6.45, 7) is 0.0162. The van der Waals surface area contributed by atoms with Gasteiger partial charge < -0.3 is 10.4 Å². The molecule has 1 aliphatic rings. The molecule has 0 aromatic carbocycles. The number of hydrogen-bond donors (Lipinski definition) is 2. The van der Waals surface area contributed by atoms with Gasteiger partial charge in [-0.15, -0.1) is 0 Å². The third kappa shape index (κ3) is 4.33. The number of alkyl halides is 2. The average molecular weight is 207 g/mol. The molecule has 0 heterocycles. The minimum atomic E-state index is -2.63. The Bertz CT molecular complexity index is 147. The van der Waals surface area contributed by atoms with Crippen LogP contribution in [0.3, 0.4) is 0 Å². The van der Waals surface area contributed by atoms with Crippen molar-refractivity contribution in [1.82, 2.24) is 5.32 Å². The Morgan fingerprint density at radius 3 is 2.21 bits per heavy atom. The van der Waals surface area contributed by atoms with Crippen LogP contribution in [0.15, 0.2) is 0 Å². The van der Waals surface area contributed by atoms with E-state index in [2.05, 4.69) is 5.32 Å². The van der Waals surface area contributed by atoms with E-state index in [1.165, 1.54) is 25.7 Å². The van der Waals surface area contributed by atoms with Gasteiger partial charge in [0.15, 0.2) is 0 Å². The van der Waals surface area contributed by atoms with Gasteiger partial charge in [-0.25, -0.2) is 8.78 Å². The summed E-state index contributed by atoms with van der Waals surface area (Å²) in [5.74, 6) is 0. The molecule has 0 saturated heterocycles. The Balaban J connectivity index is 2.15. The Hall–Kier alpha value is -0.220. The molecule has 0 aromatic rings. The summed E-state index contributed by atoms with van der Waals surface area (Å²) in [5, 5.41) is 11.9. The smallest absolute Gasteiger partial charge is 0.265 e. The average Bonchev–Trinajstić information content (AvgIpc) is 2.42. The van der Waals surface area contributed by atoms with Crippen LogP contribution in [0.1, 0.15) is 38.5 Å². The molecule has 0 spiro atoms. The maximum atomic E-state index is 12.0. The van der Waals surface area contributed by atoms with Crippen molar-refractivity contribution in [3.8, 4) is 0 Å². The quantitative estimate of drug-likeness (QED) is 0.690. The molecule has 1 fully saturated rings. The molecule has 0 bridgehead atoms. The SMILES string of the molecule is OC(CNC1CCCCCC1)C(F)F. The fraction of sp³-hybridized carbons (Fsp3) is 1.00. The molecule has 1 rings (SSSR count). The highest BCUT2D eigenvalue weighted by molar-refractivity contribution is 4.73. The molecule has 84 valence electrons. The first kappa shape index (κ1) is 11.9. The van der Waals surface area contributed by atoms with Gasteiger partial charge in [0, 0.05) is 12.6 Å². The zero-order chi connectivity index (χ0) is 10.4. The van der Waals surface area contributed by atoms with Crippen LogP contribution in [0.4, 0.5) is 8.78 Å². The highest BCUT2D eigenvalue weighted by Crippen LogP contribution is 2.17. The lowest BCUT2D eigenvalue weighted by Crippen LogP contribution is -2.38. The van der Waals surface area contributed by atoms with Crippen LogP contribution in [0.5, 0.6) is 0 Å². The third-order valence-electron chi connectivity index (χ3n) is 2.76. The first-order valence-corrected chi connectivity index (χ1v) is 5.39. The molecular weight excluding hydrogens is 188 g/mol. The van der Waals surface area contributed by atoms with Gasteiger partial charge in [0.25, 0.3) is 6.43 Å². The highest BCUT2D eigenvalue weighted by atomic mass is 19.3. The van der Waals surface area contributed by atoms with Gasteiger partial charge >= 0.3 is 0 Å². The largest absolute Gasteiger partial charge is 0.386 e. The first-order valence-electron chi connectivity index (χ1n) is 5.39. The summed E-state index contributed by atoms with van der Waals surface area (Å²) in [6, 6.07) is 0.325. The molecule has 0 aliphatic heterocycles. The summed E-state index contributed by atoms with van der Waals surface area (Å²) in [4.78, 5) is 0. The van der Waals surface area contributed by atoms with E-state index >= 15 is 0 Å². The monoisotopic (exact) mass is 207 g/mol. The summed E-state index contributed by atoms with van der Waals surface area (Å²) in [7, 11) is 0. The molecule has 0 radical (unpaired) electrons. The lowest BCUT2D eigenvalue weighted by Gasteiger charge is -2.18. The molecule has 1 atom stereocenters. The zero-order valence-electron chi connectivity index (χ0n) is 8.38. The van der Waals surface area contributed by atoms with Gasteiger partial charge in [-0.3, -0.25) is 0 Å². The van der Waals surface area contributed by atoms with Crippen molar-refractivity contribution in [2.75, 3.05) is 6.54 Å². The predicted octanol–water partition coefficient (Wildman–Crippen LogP) is 1.92. The molecule has 2 nitrogen and oxygen atoms in total. The van der Waals surface area contributed by atoms with Crippen molar-refractivity contribution >= 4 is 0 Å².